The molecule has 0 atom stereocenters. The molecule has 0 aliphatic heterocycles. The first-order valence-electron chi connectivity index (χ1n) is 10.6. The van der Waals surface area contributed by atoms with Gasteiger partial charge in [0.1, 0.15) is 5.69 Å². The number of rotatable bonds is 12. The van der Waals surface area contributed by atoms with E-state index >= 15 is 0 Å². The third kappa shape index (κ3) is 7.35. The molecule has 0 fully saturated rings. The van der Waals surface area contributed by atoms with E-state index in [4.69, 9.17) is 0 Å². The van der Waals surface area contributed by atoms with Crippen molar-refractivity contribution in [1.29, 1.82) is 0 Å². The number of allylic oxidation sites excluding steroid dienone is 11. The minimum atomic E-state index is -0.274. The highest BCUT2D eigenvalue weighted by Gasteiger charge is 2.14. The van der Waals surface area contributed by atoms with Crippen LogP contribution in [0.25, 0.3) is 5.57 Å². The van der Waals surface area contributed by atoms with E-state index < -0.39 is 0 Å². The van der Waals surface area contributed by atoms with E-state index in [9.17, 15) is 9.59 Å². The van der Waals surface area contributed by atoms with E-state index in [-0.39, 0.29) is 11.5 Å². The van der Waals surface area contributed by atoms with Gasteiger partial charge >= 0.3 is 0 Å². The van der Waals surface area contributed by atoms with Crippen LogP contribution in [0.3, 0.4) is 0 Å². The number of carbonyl (C=O) groups excluding carboxylic acids is 1. The van der Waals surface area contributed by atoms with Crippen LogP contribution in [0, 0.1) is 0 Å². The number of hydrogen-bond acceptors (Lipinski definition) is 3. The molecule has 5 heteroatoms. The monoisotopic (exact) mass is 455 g/mol. The van der Waals surface area contributed by atoms with E-state index in [1.54, 1.807) is 87.0 Å². The second-order valence-corrected chi connectivity index (χ2v) is 7.10. The van der Waals surface area contributed by atoms with Crippen molar-refractivity contribution in [2.75, 3.05) is 5.32 Å². The second kappa shape index (κ2) is 13.9. The summed E-state index contributed by atoms with van der Waals surface area (Å²) in [7, 11) is 1.67. The lowest BCUT2D eigenvalue weighted by Crippen LogP contribution is -2.25. The molecule has 0 spiro atoms. The maximum atomic E-state index is 12.8. The molecule has 1 aromatic rings. The molecule has 0 aromatic carbocycles. The Morgan fingerprint density at radius 3 is 2.24 bits per heavy atom. The van der Waals surface area contributed by atoms with Gasteiger partial charge < -0.3 is 15.2 Å². The maximum Gasteiger partial charge on any atom is 0.274 e. The fourth-order valence-corrected chi connectivity index (χ4v) is 3.07. The fraction of sp³-hybridized carbons (Fsp3) is 0.103. The number of aryl methyl sites for hydroxylation is 1. The van der Waals surface area contributed by atoms with Crippen molar-refractivity contribution in [3.8, 4) is 0 Å². The molecular weight excluding hydrogens is 422 g/mol. The van der Waals surface area contributed by atoms with Crippen LogP contribution in [0.4, 0.5) is 5.69 Å². The number of amides is 1. The van der Waals surface area contributed by atoms with Crippen molar-refractivity contribution in [2.24, 2.45) is 7.05 Å². The van der Waals surface area contributed by atoms with Gasteiger partial charge in [0.15, 0.2) is 0 Å². The Morgan fingerprint density at radius 2 is 1.71 bits per heavy atom. The summed E-state index contributed by atoms with van der Waals surface area (Å²) in [5.74, 6) is -0.274. The highest BCUT2D eigenvalue weighted by Crippen LogP contribution is 2.25. The minimum Gasteiger partial charge on any atom is -0.351 e. The highest BCUT2D eigenvalue weighted by molar-refractivity contribution is 5.98. The first-order valence-corrected chi connectivity index (χ1v) is 10.6. The number of anilines is 1. The average Bonchev–Trinajstić information content (AvgIpc) is 2.82. The number of nitrogens with one attached hydrogen (secondary N) is 2. The zero-order valence-corrected chi connectivity index (χ0v) is 20.2. The molecule has 1 aromatic heterocycles. The summed E-state index contributed by atoms with van der Waals surface area (Å²) in [6, 6.07) is 1.74. The number of carbonyl (C=O) groups is 1. The third-order valence-electron chi connectivity index (χ3n) is 4.82. The topological polar surface area (TPSA) is 63.1 Å². The van der Waals surface area contributed by atoms with Crippen molar-refractivity contribution >= 4 is 17.2 Å². The molecule has 0 saturated heterocycles. The van der Waals surface area contributed by atoms with Crippen LogP contribution in [0.1, 0.15) is 19.4 Å². The van der Waals surface area contributed by atoms with Gasteiger partial charge in [0.05, 0.1) is 0 Å². The molecule has 0 saturated carbocycles. The molecule has 5 nitrogen and oxygen atoms in total. The Hall–Kier alpha value is -4.38. The number of nitrogens with zero attached hydrogens (tertiary/aromatic N) is 1. The number of hydrogen-bond donors (Lipinski definition) is 2. The summed E-state index contributed by atoms with van der Waals surface area (Å²) >= 11 is 0. The maximum absolute atomic E-state index is 12.8. The average molecular weight is 456 g/mol. The Bertz CT molecular complexity index is 1200. The molecule has 0 radical (unpaired) electrons. The van der Waals surface area contributed by atoms with E-state index in [0.29, 0.717) is 22.7 Å². The van der Waals surface area contributed by atoms with Crippen molar-refractivity contribution in [3.05, 3.63) is 144 Å². The van der Waals surface area contributed by atoms with Crippen molar-refractivity contribution in [3.63, 3.8) is 0 Å². The van der Waals surface area contributed by atoms with Gasteiger partial charge in [-0.05, 0) is 55.4 Å². The van der Waals surface area contributed by atoms with Gasteiger partial charge in [-0.25, -0.2) is 0 Å². The first-order chi connectivity index (χ1) is 16.3. The SMILES string of the molecule is C=C/C=C\C(=C/C)C(=O)NC(=C/C=C)/C(C)=C(\C=C)c1cc(N/C(C=C)=C/C=C)c(=O)n(C)c1. The van der Waals surface area contributed by atoms with Crippen LogP contribution in [0.2, 0.25) is 0 Å². The summed E-state index contributed by atoms with van der Waals surface area (Å²) in [4.78, 5) is 25.5. The lowest BCUT2D eigenvalue weighted by Gasteiger charge is -2.16. The van der Waals surface area contributed by atoms with Gasteiger partial charge in [0, 0.05) is 35.8 Å². The van der Waals surface area contributed by atoms with E-state index in [2.05, 4.69) is 43.5 Å². The smallest absolute Gasteiger partial charge is 0.274 e. The molecule has 0 bridgehead atoms. The molecule has 1 rings (SSSR count). The molecule has 0 aliphatic carbocycles. The quantitative estimate of drug-likeness (QED) is 0.305. The standard InChI is InChI=1S/C29H33N3O2/c1-9-15-18-22(12-4)28(33)31-26(17-11-3)21(7)25(14-6)23-19-27(29(34)32(8)20-23)30-24(13-5)16-10-2/h9-20,30H,1-3,5-6H2,4,7-8H3,(H,31,33)/b18-15-,22-12+,24-16+,25-21+,26-17+. The molecule has 2 N–H and O–H groups in total. The summed E-state index contributed by atoms with van der Waals surface area (Å²) in [6.45, 7) is 22.4. The molecule has 1 heterocycles. The summed E-state index contributed by atoms with van der Waals surface area (Å²) in [6.07, 6.45) is 18.3. The van der Waals surface area contributed by atoms with Gasteiger partial charge in [-0.1, -0.05) is 69.4 Å². The molecule has 0 unspecified atom stereocenters. The predicted molar refractivity (Wildman–Crippen MR) is 146 cm³/mol. The van der Waals surface area contributed by atoms with Crippen LogP contribution < -0.4 is 16.2 Å². The van der Waals surface area contributed by atoms with Crippen molar-refractivity contribution in [2.45, 2.75) is 13.8 Å². The van der Waals surface area contributed by atoms with Crippen LogP contribution in [0.5, 0.6) is 0 Å². The van der Waals surface area contributed by atoms with Crippen LogP contribution >= 0.6 is 0 Å². The molecule has 176 valence electrons. The third-order valence-corrected chi connectivity index (χ3v) is 4.82. The number of aromatic nitrogens is 1. The van der Waals surface area contributed by atoms with Gasteiger partial charge in [0.25, 0.3) is 11.5 Å². The Kier molecular flexibility index (Phi) is 11.3. The van der Waals surface area contributed by atoms with E-state index in [1.165, 1.54) is 4.57 Å². The van der Waals surface area contributed by atoms with Crippen LogP contribution in [0.15, 0.2) is 133 Å². The molecular formula is C29H33N3O2. The predicted octanol–water partition coefficient (Wildman–Crippen LogP) is 5.89. The molecule has 34 heavy (non-hydrogen) atoms. The molecule has 0 aliphatic rings. The normalized spacial score (nSPS) is 13.1. The van der Waals surface area contributed by atoms with Gasteiger partial charge in [-0.3, -0.25) is 9.59 Å². The highest BCUT2D eigenvalue weighted by atomic mass is 16.1. The zero-order chi connectivity index (χ0) is 25.7. The van der Waals surface area contributed by atoms with E-state index in [0.717, 1.165) is 16.7 Å². The van der Waals surface area contributed by atoms with Gasteiger partial charge in [0.2, 0.25) is 0 Å². The lowest BCUT2D eigenvalue weighted by atomic mass is 9.99. The largest absolute Gasteiger partial charge is 0.351 e. The molecule has 1 amide bonds. The van der Waals surface area contributed by atoms with Gasteiger partial charge in [-0.15, -0.1) is 0 Å². The lowest BCUT2D eigenvalue weighted by molar-refractivity contribution is -0.116. The van der Waals surface area contributed by atoms with Crippen molar-refractivity contribution in [1.82, 2.24) is 9.88 Å². The van der Waals surface area contributed by atoms with Crippen molar-refractivity contribution < 1.29 is 4.79 Å². The Balaban J connectivity index is 3.59. The summed E-state index contributed by atoms with van der Waals surface area (Å²) in [5.41, 5.74) is 4.07. The van der Waals surface area contributed by atoms with Crippen LogP contribution in [-0.4, -0.2) is 10.5 Å². The van der Waals surface area contributed by atoms with E-state index in [1.807, 2.05) is 6.92 Å². The van der Waals surface area contributed by atoms with Crippen LogP contribution in [-0.2, 0) is 11.8 Å². The first kappa shape index (κ1) is 27.7. The Morgan fingerprint density at radius 1 is 1.03 bits per heavy atom. The summed E-state index contributed by atoms with van der Waals surface area (Å²) < 4.78 is 1.48. The second-order valence-electron chi connectivity index (χ2n) is 7.10. The fourth-order valence-electron chi connectivity index (χ4n) is 3.07. The number of pyridine rings is 1. The zero-order valence-electron chi connectivity index (χ0n) is 20.2. The summed E-state index contributed by atoms with van der Waals surface area (Å²) in [5, 5.41) is 6.02. The Labute approximate surface area is 202 Å². The van der Waals surface area contributed by atoms with Gasteiger partial charge in [-0.2, -0.15) is 0 Å². The minimum absolute atomic E-state index is 0.205.